The van der Waals surface area contributed by atoms with E-state index in [0.717, 1.165) is 17.9 Å². The molecule has 0 aromatic carbocycles. The lowest BCUT2D eigenvalue weighted by Gasteiger charge is -2.37. The first-order valence-electron chi connectivity index (χ1n) is 7.68. The molecule has 0 amide bonds. The van der Waals surface area contributed by atoms with Gasteiger partial charge in [0, 0.05) is 12.6 Å². The number of rotatable bonds is 4. The van der Waals surface area contributed by atoms with Crippen molar-refractivity contribution in [2.24, 2.45) is 11.8 Å². The van der Waals surface area contributed by atoms with E-state index in [0.29, 0.717) is 0 Å². The van der Waals surface area contributed by atoms with Gasteiger partial charge in [-0.2, -0.15) is 0 Å². The molecule has 17 heavy (non-hydrogen) atoms. The van der Waals surface area contributed by atoms with Crippen LogP contribution >= 0.6 is 0 Å². The van der Waals surface area contributed by atoms with Gasteiger partial charge in [0.1, 0.15) is 0 Å². The molecule has 100 valence electrons. The maximum atomic E-state index is 3.46. The molecular formula is C15H30N2. The Morgan fingerprint density at radius 3 is 2.35 bits per heavy atom. The van der Waals surface area contributed by atoms with E-state index in [1.54, 1.807) is 0 Å². The highest BCUT2D eigenvalue weighted by Crippen LogP contribution is 2.29. The highest BCUT2D eigenvalue weighted by Gasteiger charge is 2.25. The molecule has 2 heteroatoms. The van der Waals surface area contributed by atoms with Crippen molar-refractivity contribution in [1.82, 2.24) is 10.2 Å². The first kappa shape index (κ1) is 13.4. The molecule has 1 atom stereocenters. The molecule has 0 aromatic rings. The molecule has 0 radical (unpaired) electrons. The molecular weight excluding hydrogens is 208 g/mol. The van der Waals surface area contributed by atoms with E-state index >= 15 is 0 Å². The Labute approximate surface area is 107 Å². The van der Waals surface area contributed by atoms with Crippen molar-refractivity contribution in [2.45, 2.75) is 57.9 Å². The summed E-state index contributed by atoms with van der Waals surface area (Å²) in [5, 5.41) is 3.46. The average Bonchev–Trinajstić information content (AvgIpc) is 2.40. The summed E-state index contributed by atoms with van der Waals surface area (Å²) in [4.78, 5) is 2.64. The fourth-order valence-corrected chi connectivity index (χ4v) is 3.61. The highest BCUT2D eigenvalue weighted by atomic mass is 15.1. The van der Waals surface area contributed by atoms with Gasteiger partial charge in [-0.15, -0.1) is 0 Å². The number of hydrogen-bond donors (Lipinski definition) is 1. The lowest BCUT2D eigenvalue weighted by molar-refractivity contribution is 0.130. The SMILES string of the molecule is C[C@@H](C1CCCCC1)N(C)CC1CCNCC1. The number of piperidine rings is 1. The van der Waals surface area contributed by atoms with E-state index in [1.165, 1.54) is 64.6 Å². The van der Waals surface area contributed by atoms with Crippen LogP contribution in [0.15, 0.2) is 0 Å². The van der Waals surface area contributed by atoms with Gasteiger partial charge in [0.2, 0.25) is 0 Å². The zero-order valence-electron chi connectivity index (χ0n) is 11.8. The molecule has 1 aliphatic carbocycles. The van der Waals surface area contributed by atoms with Crippen LogP contribution in [0.5, 0.6) is 0 Å². The monoisotopic (exact) mass is 238 g/mol. The zero-order valence-corrected chi connectivity index (χ0v) is 11.8. The van der Waals surface area contributed by atoms with Crippen LogP contribution in [0.1, 0.15) is 51.9 Å². The Hall–Kier alpha value is -0.0800. The topological polar surface area (TPSA) is 15.3 Å². The standard InChI is InChI=1S/C15H30N2/c1-13(15-6-4-3-5-7-15)17(2)12-14-8-10-16-11-9-14/h13-16H,3-12H2,1-2H3/t13-/m0/s1. The lowest BCUT2D eigenvalue weighted by atomic mass is 9.83. The molecule has 1 saturated carbocycles. The van der Waals surface area contributed by atoms with E-state index in [1.807, 2.05) is 0 Å². The van der Waals surface area contributed by atoms with Crippen LogP contribution in [0.3, 0.4) is 0 Å². The molecule has 0 bridgehead atoms. The van der Waals surface area contributed by atoms with Crippen molar-refractivity contribution < 1.29 is 0 Å². The van der Waals surface area contributed by atoms with Crippen molar-refractivity contribution in [3.8, 4) is 0 Å². The molecule has 2 nitrogen and oxygen atoms in total. The second-order valence-corrected chi connectivity index (χ2v) is 6.27. The average molecular weight is 238 g/mol. The predicted molar refractivity (Wildman–Crippen MR) is 74.3 cm³/mol. The van der Waals surface area contributed by atoms with Gasteiger partial charge in [-0.25, -0.2) is 0 Å². The fourth-order valence-electron chi connectivity index (χ4n) is 3.61. The van der Waals surface area contributed by atoms with E-state index in [9.17, 15) is 0 Å². The summed E-state index contributed by atoms with van der Waals surface area (Å²) in [7, 11) is 2.35. The fraction of sp³-hybridized carbons (Fsp3) is 1.00. The van der Waals surface area contributed by atoms with Crippen molar-refractivity contribution in [2.75, 3.05) is 26.7 Å². The molecule has 2 fully saturated rings. The minimum Gasteiger partial charge on any atom is -0.317 e. The normalized spacial score (nSPS) is 26.3. The quantitative estimate of drug-likeness (QED) is 0.810. The number of nitrogens with one attached hydrogen (secondary N) is 1. The second kappa shape index (κ2) is 6.75. The smallest absolute Gasteiger partial charge is 0.00922 e. The Morgan fingerprint density at radius 2 is 1.71 bits per heavy atom. The maximum Gasteiger partial charge on any atom is 0.00922 e. The van der Waals surface area contributed by atoms with Gasteiger partial charge < -0.3 is 10.2 Å². The summed E-state index contributed by atoms with van der Waals surface area (Å²) in [6, 6.07) is 0.796. The van der Waals surface area contributed by atoms with Crippen LogP contribution in [0.2, 0.25) is 0 Å². The van der Waals surface area contributed by atoms with Crippen LogP contribution in [0.25, 0.3) is 0 Å². The Bertz CT molecular complexity index is 205. The van der Waals surface area contributed by atoms with Crippen LogP contribution < -0.4 is 5.32 Å². The third-order valence-corrected chi connectivity index (χ3v) is 5.03. The van der Waals surface area contributed by atoms with Crippen molar-refractivity contribution >= 4 is 0 Å². The molecule has 1 N–H and O–H groups in total. The van der Waals surface area contributed by atoms with Crippen LogP contribution in [-0.4, -0.2) is 37.6 Å². The van der Waals surface area contributed by atoms with Gasteiger partial charge in [-0.05, 0) is 64.6 Å². The van der Waals surface area contributed by atoms with E-state index in [2.05, 4.69) is 24.2 Å². The van der Waals surface area contributed by atoms with Gasteiger partial charge in [-0.3, -0.25) is 0 Å². The Balaban J connectivity index is 1.75. The highest BCUT2D eigenvalue weighted by molar-refractivity contribution is 4.79. The minimum atomic E-state index is 0.796. The van der Waals surface area contributed by atoms with Gasteiger partial charge in [-0.1, -0.05) is 19.3 Å². The lowest BCUT2D eigenvalue weighted by Crippen LogP contribution is -2.41. The van der Waals surface area contributed by atoms with Crippen LogP contribution in [-0.2, 0) is 0 Å². The molecule has 1 saturated heterocycles. The largest absolute Gasteiger partial charge is 0.317 e. The summed E-state index contributed by atoms with van der Waals surface area (Å²) in [6.07, 6.45) is 10.1. The number of hydrogen-bond acceptors (Lipinski definition) is 2. The minimum absolute atomic E-state index is 0.796. The summed E-state index contributed by atoms with van der Waals surface area (Å²) < 4.78 is 0. The number of nitrogens with zero attached hydrogens (tertiary/aromatic N) is 1. The van der Waals surface area contributed by atoms with E-state index in [-0.39, 0.29) is 0 Å². The summed E-state index contributed by atoms with van der Waals surface area (Å²) in [5.74, 6) is 1.91. The van der Waals surface area contributed by atoms with E-state index < -0.39 is 0 Å². The van der Waals surface area contributed by atoms with Gasteiger partial charge in [0.15, 0.2) is 0 Å². The Kier molecular flexibility index (Phi) is 5.30. The summed E-state index contributed by atoms with van der Waals surface area (Å²) in [6.45, 7) is 6.24. The first-order chi connectivity index (χ1) is 8.27. The van der Waals surface area contributed by atoms with Gasteiger partial charge in [0.25, 0.3) is 0 Å². The summed E-state index contributed by atoms with van der Waals surface area (Å²) >= 11 is 0. The Morgan fingerprint density at radius 1 is 1.06 bits per heavy atom. The van der Waals surface area contributed by atoms with Gasteiger partial charge >= 0.3 is 0 Å². The zero-order chi connectivity index (χ0) is 12.1. The molecule has 2 rings (SSSR count). The predicted octanol–water partition coefficient (Wildman–Crippen LogP) is 2.89. The molecule has 1 aliphatic heterocycles. The molecule has 2 aliphatic rings. The summed E-state index contributed by atoms with van der Waals surface area (Å²) in [5.41, 5.74) is 0. The third kappa shape index (κ3) is 3.96. The van der Waals surface area contributed by atoms with Crippen LogP contribution in [0.4, 0.5) is 0 Å². The molecule has 0 spiro atoms. The van der Waals surface area contributed by atoms with Crippen LogP contribution in [0, 0.1) is 11.8 Å². The molecule has 1 heterocycles. The first-order valence-corrected chi connectivity index (χ1v) is 7.68. The van der Waals surface area contributed by atoms with Crippen molar-refractivity contribution in [1.29, 1.82) is 0 Å². The molecule has 0 aromatic heterocycles. The maximum absolute atomic E-state index is 3.46. The van der Waals surface area contributed by atoms with Crippen molar-refractivity contribution in [3.05, 3.63) is 0 Å². The molecule has 0 unspecified atom stereocenters. The second-order valence-electron chi connectivity index (χ2n) is 6.27. The van der Waals surface area contributed by atoms with E-state index in [4.69, 9.17) is 0 Å². The third-order valence-electron chi connectivity index (χ3n) is 5.03. The van der Waals surface area contributed by atoms with Gasteiger partial charge in [0.05, 0.1) is 0 Å². The van der Waals surface area contributed by atoms with Crippen molar-refractivity contribution in [3.63, 3.8) is 0 Å².